The van der Waals surface area contributed by atoms with Gasteiger partial charge in [-0.3, -0.25) is 9.69 Å². The number of carbonyl (C=O) groups excluding carboxylic acids is 2. The second-order valence-corrected chi connectivity index (χ2v) is 3.87. The minimum absolute atomic E-state index is 0.142. The Morgan fingerprint density at radius 2 is 2.23 bits per heavy atom. The zero-order valence-electron chi connectivity index (χ0n) is 8.32. The molecule has 0 aromatic rings. The summed E-state index contributed by atoms with van der Waals surface area (Å²) in [6, 6.07) is 0.309. The lowest BCUT2D eigenvalue weighted by Crippen LogP contribution is -2.45. The fraction of sp³-hybridized carbons (Fsp3) is 0.800. The van der Waals surface area contributed by atoms with Gasteiger partial charge in [0, 0.05) is 37.9 Å². The summed E-state index contributed by atoms with van der Waals surface area (Å²) in [5.41, 5.74) is 0. The van der Waals surface area contributed by atoms with E-state index in [0.717, 1.165) is 19.4 Å². The number of nitrogens with zero attached hydrogens (tertiary/aromatic N) is 1. The van der Waals surface area contributed by atoms with Gasteiger partial charge in [-0.15, -0.1) is 0 Å². The molecule has 74 valence electrons. The van der Waals surface area contributed by atoms with Gasteiger partial charge < -0.3 is 4.79 Å². The lowest BCUT2D eigenvalue weighted by atomic mass is 9.93. The van der Waals surface area contributed by atoms with Crippen LogP contribution in [0.1, 0.15) is 26.7 Å². The van der Waals surface area contributed by atoms with E-state index < -0.39 is 0 Å². The Labute approximate surface area is 79.1 Å². The van der Waals surface area contributed by atoms with Gasteiger partial charge >= 0.3 is 0 Å². The first-order valence-electron chi connectivity index (χ1n) is 4.85. The minimum atomic E-state index is 0.142. The van der Waals surface area contributed by atoms with Crippen molar-refractivity contribution in [1.29, 1.82) is 0 Å². The van der Waals surface area contributed by atoms with Crippen LogP contribution in [0.25, 0.3) is 0 Å². The summed E-state index contributed by atoms with van der Waals surface area (Å²) in [7, 11) is 0. The number of hydrogen-bond donors (Lipinski definition) is 0. The Morgan fingerprint density at radius 3 is 2.85 bits per heavy atom. The number of Topliss-reactive ketones (excluding diaryl/α,β-unsaturated/α-hetero) is 1. The number of hydrogen-bond acceptors (Lipinski definition) is 3. The molecular formula is C10H17NO2. The van der Waals surface area contributed by atoms with Crippen molar-refractivity contribution in [1.82, 2.24) is 4.90 Å². The zero-order chi connectivity index (χ0) is 9.84. The van der Waals surface area contributed by atoms with Crippen molar-refractivity contribution < 1.29 is 9.59 Å². The van der Waals surface area contributed by atoms with Crippen molar-refractivity contribution in [2.24, 2.45) is 5.92 Å². The molecule has 1 saturated heterocycles. The van der Waals surface area contributed by atoms with Crippen molar-refractivity contribution in [3.05, 3.63) is 0 Å². The van der Waals surface area contributed by atoms with E-state index in [-0.39, 0.29) is 5.92 Å². The van der Waals surface area contributed by atoms with Gasteiger partial charge in [0.2, 0.25) is 0 Å². The van der Waals surface area contributed by atoms with E-state index in [0.29, 0.717) is 24.7 Å². The van der Waals surface area contributed by atoms with Crippen LogP contribution in [0.2, 0.25) is 0 Å². The van der Waals surface area contributed by atoms with Crippen molar-refractivity contribution in [2.75, 3.05) is 13.1 Å². The number of likely N-dealkylation sites (tertiary alicyclic amines) is 1. The molecule has 13 heavy (non-hydrogen) atoms. The first-order valence-corrected chi connectivity index (χ1v) is 4.85. The minimum Gasteiger partial charge on any atom is -0.303 e. The lowest BCUT2D eigenvalue weighted by Gasteiger charge is -2.35. The molecule has 0 saturated carbocycles. The van der Waals surface area contributed by atoms with E-state index in [9.17, 15) is 9.59 Å². The van der Waals surface area contributed by atoms with Crippen LogP contribution in [0.4, 0.5) is 0 Å². The second-order valence-electron chi connectivity index (χ2n) is 3.87. The van der Waals surface area contributed by atoms with Crippen molar-refractivity contribution >= 4 is 12.1 Å². The lowest BCUT2D eigenvalue weighted by molar-refractivity contribution is -0.127. The van der Waals surface area contributed by atoms with E-state index in [1.54, 1.807) is 0 Å². The Balaban J connectivity index is 2.45. The van der Waals surface area contributed by atoms with E-state index in [4.69, 9.17) is 0 Å². The highest BCUT2D eigenvalue weighted by Gasteiger charge is 2.28. The molecular weight excluding hydrogens is 166 g/mol. The number of ketones is 1. The highest BCUT2D eigenvalue weighted by molar-refractivity contribution is 5.82. The van der Waals surface area contributed by atoms with E-state index in [1.807, 2.05) is 6.92 Å². The monoisotopic (exact) mass is 183 g/mol. The van der Waals surface area contributed by atoms with Crippen molar-refractivity contribution in [2.45, 2.75) is 32.7 Å². The maximum absolute atomic E-state index is 11.3. The Kier molecular flexibility index (Phi) is 3.60. The van der Waals surface area contributed by atoms with Crippen LogP contribution < -0.4 is 0 Å². The molecule has 0 aliphatic carbocycles. The average molecular weight is 183 g/mol. The fourth-order valence-corrected chi connectivity index (χ4v) is 1.79. The molecule has 3 heteroatoms. The molecule has 0 aromatic carbocycles. The molecule has 0 aromatic heterocycles. The summed E-state index contributed by atoms with van der Waals surface area (Å²) in [6.45, 7) is 5.62. The highest BCUT2D eigenvalue weighted by Crippen LogP contribution is 2.18. The van der Waals surface area contributed by atoms with Crippen molar-refractivity contribution in [3.8, 4) is 0 Å². The largest absolute Gasteiger partial charge is 0.303 e. The molecule has 1 aliphatic rings. The van der Waals surface area contributed by atoms with Crippen LogP contribution in [0.5, 0.6) is 0 Å². The Morgan fingerprint density at radius 1 is 1.54 bits per heavy atom. The summed E-state index contributed by atoms with van der Waals surface area (Å²) in [5, 5.41) is 0. The topological polar surface area (TPSA) is 37.4 Å². The van der Waals surface area contributed by atoms with Gasteiger partial charge in [0.15, 0.2) is 0 Å². The zero-order valence-corrected chi connectivity index (χ0v) is 8.32. The molecule has 1 fully saturated rings. The molecule has 0 amide bonds. The average Bonchev–Trinajstić information content (AvgIpc) is 2.09. The Bertz CT molecular complexity index is 203. The molecule has 0 spiro atoms. The van der Waals surface area contributed by atoms with Crippen LogP contribution in [0.3, 0.4) is 0 Å². The highest BCUT2D eigenvalue weighted by atomic mass is 16.1. The number of aldehydes is 1. The molecule has 1 heterocycles. The van der Waals surface area contributed by atoms with Gasteiger partial charge in [0.25, 0.3) is 0 Å². The third-order valence-corrected chi connectivity index (χ3v) is 2.71. The standard InChI is InChI=1S/C10H17NO2/c1-8-7-11(4-3-5-12)9(2)6-10(8)13/h5,8-9H,3-4,6-7H2,1-2H3. The first-order chi connectivity index (χ1) is 6.15. The number of rotatable bonds is 3. The van der Waals surface area contributed by atoms with Gasteiger partial charge in [-0.05, 0) is 6.92 Å². The maximum atomic E-state index is 11.3. The van der Waals surface area contributed by atoms with Crippen LogP contribution in [0.15, 0.2) is 0 Å². The van der Waals surface area contributed by atoms with Gasteiger partial charge in [-0.25, -0.2) is 0 Å². The Hall–Kier alpha value is -0.700. The number of carbonyl (C=O) groups is 2. The summed E-state index contributed by atoms with van der Waals surface area (Å²) >= 11 is 0. The molecule has 0 bridgehead atoms. The van der Waals surface area contributed by atoms with E-state index >= 15 is 0 Å². The molecule has 2 unspecified atom stereocenters. The first kappa shape index (κ1) is 10.4. The molecule has 2 atom stereocenters. The summed E-state index contributed by atoms with van der Waals surface area (Å²) in [6.07, 6.45) is 2.15. The van der Waals surface area contributed by atoms with E-state index in [1.165, 1.54) is 0 Å². The molecule has 3 nitrogen and oxygen atoms in total. The third kappa shape index (κ3) is 2.62. The maximum Gasteiger partial charge on any atom is 0.138 e. The predicted octanol–water partition coefficient (Wildman–Crippen LogP) is 0.875. The molecule has 0 N–H and O–H groups in total. The summed E-state index contributed by atoms with van der Waals surface area (Å²) < 4.78 is 0. The SMILES string of the molecule is CC1CN(CCC=O)C(C)CC1=O. The van der Waals surface area contributed by atoms with Gasteiger partial charge in [-0.2, -0.15) is 0 Å². The van der Waals surface area contributed by atoms with Crippen molar-refractivity contribution in [3.63, 3.8) is 0 Å². The van der Waals surface area contributed by atoms with Gasteiger partial charge in [-0.1, -0.05) is 6.92 Å². The fourth-order valence-electron chi connectivity index (χ4n) is 1.79. The predicted molar refractivity (Wildman–Crippen MR) is 50.5 cm³/mol. The summed E-state index contributed by atoms with van der Waals surface area (Å²) in [4.78, 5) is 23.8. The van der Waals surface area contributed by atoms with Gasteiger partial charge in [0.1, 0.15) is 12.1 Å². The molecule has 1 aliphatic heterocycles. The smallest absolute Gasteiger partial charge is 0.138 e. The summed E-state index contributed by atoms with van der Waals surface area (Å²) in [5.74, 6) is 0.498. The number of piperidine rings is 1. The molecule has 1 rings (SSSR count). The van der Waals surface area contributed by atoms with Crippen LogP contribution in [-0.4, -0.2) is 36.1 Å². The molecule has 0 radical (unpaired) electrons. The van der Waals surface area contributed by atoms with Crippen LogP contribution in [0, 0.1) is 5.92 Å². The quantitative estimate of drug-likeness (QED) is 0.609. The third-order valence-electron chi connectivity index (χ3n) is 2.71. The normalized spacial score (nSPS) is 30.5. The van der Waals surface area contributed by atoms with Crippen LogP contribution in [-0.2, 0) is 9.59 Å². The van der Waals surface area contributed by atoms with Gasteiger partial charge in [0.05, 0.1) is 0 Å². The second kappa shape index (κ2) is 4.51. The van der Waals surface area contributed by atoms with Crippen LogP contribution >= 0.6 is 0 Å². The van der Waals surface area contributed by atoms with E-state index in [2.05, 4.69) is 11.8 Å².